The number of hydrogen-bond donors (Lipinski definition) is 0. The highest BCUT2D eigenvalue weighted by atomic mass is 32.2. The Kier molecular flexibility index (Phi) is 5.03. The summed E-state index contributed by atoms with van der Waals surface area (Å²) in [7, 11) is 0. The average Bonchev–Trinajstić information content (AvgIpc) is 2.40. The van der Waals surface area contributed by atoms with Crippen molar-refractivity contribution in [1.29, 1.82) is 0 Å². The van der Waals surface area contributed by atoms with Crippen LogP contribution in [0.2, 0.25) is 0 Å². The zero-order chi connectivity index (χ0) is 12.6. The minimum absolute atomic E-state index is 1.01. The van der Waals surface area contributed by atoms with Crippen LogP contribution in [0.3, 0.4) is 0 Å². The molecular weight excluding hydrogens is 238 g/mol. The Balaban J connectivity index is 1.75. The van der Waals surface area contributed by atoms with Crippen LogP contribution >= 0.6 is 11.8 Å². The lowest BCUT2D eigenvalue weighted by molar-refractivity contribution is 0.930. The third kappa shape index (κ3) is 4.38. The molecule has 1 nitrogen and oxygen atoms in total. The Morgan fingerprint density at radius 3 is 2.67 bits per heavy atom. The standard InChI is InChI=1S/C16H17NS/c1-14-8-7-10-15(17-14)9-5-6-13-18-16-11-3-2-4-12-16/h2-4,6-8,10-13H,5,9H2,1H3/b13-6+. The van der Waals surface area contributed by atoms with Gasteiger partial charge in [0.1, 0.15) is 0 Å². The van der Waals surface area contributed by atoms with Crippen molar-refractivity contribution in [2.75, 3.05) is 0 Å². The minimum atomic E-state index is 1.01. The molecule has 1 aromatic carbocycles. The first-order valence-electron chi connectivity index (χ1n) is 6.14. The number of aromatic nitrogens is 1. The lowest BCUT2D eigenvalue weighted by Gasteiger charge is -1.98. The third-order valence-electron chi connectivity index (χ3n) is 2.56. The molecule has 0 saturated carbocycles. The maximum atomic E-state index is 4.49. The molecule has 1 heterocycles. The van der Waals surface area contributed by atoms with Gasteiger partial charge in [-0.1, -0.05) is 42.1 Å². The molecule has 0 saturated heterocycles. The van der Waals surface area contributed by atoms with E-state index in [0.29, 0.717) is 0 Å². The summed E-state index contributed by atoms with van der Waals surface area (Å²) in [4.78, 5) is 5.77. The summed E-state index contributed by atoms with van der Waals surface area (Å²) in [6, 6.07) is 16.6. The van der Waals surface area contributed by atoms with Gasteiger partial charge < -0.3 is 0 Å². The van der Waals surface area contributed by atoms with Crippen molar-refractivity contribution < 1.29 is 0 Å². The number of thioether (sulfide) groups is 1. The molecule has 0 N–H and O–H groups in total. The Hall–Kier alpha value is -1.54. The highest BCUT2D eigenvalue weighted by Gasteiger charge is 1.93. The molecule has 0 aliphatic carbocycles. The van der Waals surface area contributed by atoms with Gasteiger partial charge in [0, 0.05) is 16.3 Å². The smallest absolute Gasteiger partial charge is 0.0409 e. The number of rotatable bonds is 5. The maximum absolute atomic E-state index is 4.49. The molecule has 92 valence electrons. The largest absolute Gasteiger partial charge is 0.258 e. The highest BCUT2D eigenvalue weighted by molar-refractivity contribution is 8.02. The molecule has 0 bridgehead atoms. The van der Waals surface area contributed by atoms with Crippen LogP contribution in [0.5, 0.6) is 0 Å². The normalized spacial score (nSPS) is 10.9. The summed E-state index contributed by atoms with van der Waals surface area (Å²) >= 11 is 1.76. The Bertz CT molecular complexity index is 506. The van der Waals surface area contributed by atoms with Gasteiger partial charge in [-0.2, -0.15) is 0 Å². The molecule has 0 radical (unpaired) electrons. The van der Waals surface area contributed by atoms with Crippen LogP contribution in [0.15, 0.2) is 64.9 Å². The van der Waals surface area contributed by atoms with Crippen LogP contribution in [0.1, 0.15) is 17.8 Å². The lowest BCUT2D eigenvalue weighted by Crippen LogP contribution is -1.90. The van der Waals surface area contributed by atoms with Gasteiger partial charge in [-0.3, -0.25) is 4.98 Å². The number of pyridine rings is 1. The monoisotopic (exact) mass is 255 g/mol. The molecule has 0 unspecified atom stereocenters. The molecule has 2 aromatic rings. The summed E-state index contributed by atoms with van der Waals surface area (Å²) < 4.78 is 0. The van der Waals surface area contributed by atoms with E-state index < -0.39 is 0 Å². The van der Waals surface area contributed by atoms with Gasteiger partial charge in [-0.25, -0.2) is 0 Å². The molecule has 0 amide bonds. The van der Waals surface area contributed by atoms with Gasteiger partial charge in [0.2, 0.25) is 0 Å². The number of nitrogens with zero attached hydrogens (tertiary/aromatic N) is 1. The number of benzene rings is 1. The fourth-order valence-electron chi connectivity index (χ4n) is 1.66. The average molecular weight is 255 g/mol. The van der Waals surface area contributed by atoms with E-state index in [1.54, 1.807) is 11.8 Å². The van der Waals surface area contributed by atoms with E-state index >= 15 is 0 Å². The Morgan fingerprint density at radius 1 is 1.06 bits per heavy atom. The van der Waals surface area contributed by atoms with Crippen molar-refractivity contribution in [2.24, 2.45) is 0 Å². The van der Waals surface area contributed by atoms with Gasteiger partial charge in [0.25, 0.3) is 0 Å². The van der Waals surface area contributed by atoms with Crippen molar-refractivity contribution in [3.8, 4) is 0 Å². The molecule has 0 fully saturated rings. The number of hydrogen-bond acceptors (Lipinski definition) is 2. The van der Waals surface area contributed by atoms with Crippen molar-refractivity contribution in [1.82, 2.24) is 4.98 Å². The second kappa shape index (κ2) is 7.02. The van der Waals surface area contributed by atoms with Crippen molar-refractivity contribution in [2.45, 2.75) is 24.7 Å². The van der Waals surface area contributed by atoms with Crippen LogP contribution in [0.4, 0.5) is 0 Å². The van der Waals surface area contributed by atoms with Gasteiger partial charge in [-0.15, -0.1) is 0 Å². The molecule has 1 aromatic heterocycles. The number of aryl methyl sites for hydroxylation is 2. The first kappa shape index (κ1) is 12.9. The van der Waals surface area contributed by atoms with E-state index in [4.69, 9.17) is 0 Å². The van der Waals surface area contributed by atoms with Crippen molar-refractivity contribution in [3.05, 3.63) is 71.4 Å². The zero-order valence-corrected chi connectivity index (χ0v) is 11.4. The summed E-state index contributed by atoms with van der Waals surface area (Å²) in [5.74, 6) is 0. The van der Waals surface area contributed by atoms with Gasteiger partial charge in [0.05, 0.1) is 0 Å². The van der Waals surface area contributed by atoms with E-state index in [9.17, 15) is 0 Å². The predicted octanol–water partition coefficient (Wildman–Crippen LogP) is 4.63. The van der Waals surface area contributed by atoms with Crippen LogP contribution in [0, 0.1) is 6.92 Å². The van der Waals surface area contributed by atoms with Crippen LogP contribution in [-0.2, 0) is 6.42 Å². The van der Waals surface area contributed by atoms with Crippen molar-refractivity contribution in [3.63, 3.8) is 0 Å². The predicted molar refractivity (Wildman–Crippen MR) is 78.7 cm³/mol. The van der Waals surface area contributed by atoms with Crippen LogP contribution in [-0.4, -0.2) is 4.98 Å². The first-order valence-corrected chi connectivity index (χ1v) is 7.02. The summed E-state index contributed by atoms with van der Waals surface area (Å²) in [6.07, 6.45) is 4.26. The molecular formula is C16H17NS. The van der Waals surface area contributed by atoms with Crippen molar-refractivity contribution >= 4 is 11.8 Å². The molecule has 0 spiro atoms. The summed E-state index contributed by atoms with van der Waals surface area (Å²) in [5.41, 5.74) is 2.26. The van der Waals surface area contributed by atoms with E-state index in [1.807, 2.05) is 19.1 Å². The fraction of sp³-hybridized carbons (Fsp3) is 0.188. The quantitative estimate of drug-likeness (QED) is 0.722. The van der Waals surface area contributed by atoms with E-state index in [1.165, 1.54) is 10.6 Å². The third-order valence-corrected chi connectivity index (χ3v) is 3.43. The van der Waals surface area contributed by atoms with Gasteiger partial charge >= 0.3 is 0 Å². The van der Waals surface area contributed by atoms with Crippen LogP contribution < -0.4 is 0 Å². The summed E-state index contributed by atoms with van der Waals surface area (Å²) in [6.45, 7) is 2.03. The SMILES string of the molecule is Cc1cccc(CC/C=C/Sc2ccccc2)n1. The maximum Gasteiger partial charge on any atom is 0.0409 e. The first-order chi connectivity index (χ1) is 8.84. The van der Waals surface area contributed by atoms with E-state index in [2.05, 4.69) is 52.9 Å². The molecule has 18 heavy (non-hydrogen) atoms. The van der Waals surface area contributed by atoms with E-state index in [-0.39, 0.29) is 0 Å². The number of allylic oxidation sites excluding steroid dienone is 1. The topological polar surface area (TPSA) is 12.9 Å². The van der Waals surface area contributed by atoms with E-state index in [0.717, 1.165) is 18.5 Å². The molecule has 2 heteroatoms. The van der Waals surface area contributed by atoms with Gasteiger partial charge in [-0.05, 0) is 49.4 Å². The molecule has 2 rings (SSSR count). The molecule has 0 atom stereocenters. The second-order valence-electron chi connectivity index (χ2n) is 4.11. The zero-order valence-electron chi connectivity index (χ0n) is 10.5. The molecule has 0 aliphatic rings. The fourth-order valence-corrected chi connectivity index (χ4v) is 2.37. The van der Waals surface area contributed by atoms with Crippen LogP contribution in [0.25, 0.3) is 0 Å². The van der Waals surface area contributed by atoms with Gasteiger partial charge in [0.15, 0.2) is 0 Å². The molecule has 0 aliphatic heterocycles. The second-order valence-corrected chi connectivity index (χ2v) is 5.09. The minimum Gasteiger partial charge on any atom is -0.258 e. The Morgan fingerprint density at radius 2 is 1.89 bits per heavy atom. The highest BCUT2D eigenvalue weighted by Crippen LogP contribution is 2.18. The summed E-state index contributed by atoms with van der Waals surface area (Å²) in [5, 5.41) is 2.16. The Labute approximate surface area is 113 Å². The lowest BCUT2D eigenvalue weighted by atomic mass is 10.2.